The molecule has 5 nitrogen and oxygen atoms in total. The summed E-state index contributed by atoms with van der Waals surface area (Å²) >= 11 is 0. The fourth-order valence-electron chi connectivity index (χ4n) is 4.11. The zero-order valence-corrected chi connectivity index (χ0v) is 21.4. The summed E-state index contributed by atoms with van der Waals surface area (Å²) in [4.78, 5) is 15.2. The maximum Gasteiger partial charge on any atom is 0.251 e. The Morgan fingerprint density at radius 3 is 2.56 bits per heavy atom. The number of nitrogens with one attached hydrogen (secondary N) is 1. The first kappa shape index (κ1) is 26.2. The van der Waals surface area contributed by atoms with E-state index in [2.05, 4.69) is 62.2 Å². The van der Waals surface area contributed by atoms with E-state index in [9.17, 15) is 4.79 Å². The van der Waals surface area contributed by atoms with E-state index < -0.39 is 0 Å². The van der Waals surface area contributed by atoms with Crippen LogP contribution in [0.3, 0.4) is 0 Å². The molecule has 0 unspecified atom stereocenters. The predicted octanol–water partition coefficient (Wildman–Crippen LogP) is 5.31. The van der Waals surface area contributed by atoms with Crippen molar-refractivity contribution in [1.29, 1.82) is 0 Å². The van der Waals surface area contributed by atoms with E-state index in [0.29, 0.717) is 43.8 Å². The molecule has 1 amide bonds. The fourth-order valence-corrected chi connectivity index (χ4v) is 4.11. The monoisotopic (exact) mass is 466 g/mol. The summed E-state index contributed by atoms with van der Waals surface area (Å²) < 4.78 is 12.0. The van der Waals surface area contributed by atoms with E-state index in [4.69, 9.17) is 9.47 Å². The van der Waals surface area contributed by atoms with Crippen LogP contribution in [0.1, 0.15) is 67.6 Å². The van der Waals surface area contributed by atoms with Gasteiger partial charge in [0, 0.05) is 31.6 Å². The first-order valence-electron chi connectivity index (χ1n) is 12.8. The Kier molecular flexibility index (Phi) is 10.4. The molecule has 0 atom stereocenters. The van der Waals surface area contributed by atoms with Gasteiger partial charge in [-0.25, -0.2) is 0 Å². The molecule has 2 bridgehead atoms. The van der Waals surface area contributed by atoms with E-state index >= 15 is 0 Å². The first-order chi connectivity index (χ1) is 16.4. The molecule has 0 aromatic heterocycles. The van der Waals surface area contributed by atoms with Crippen molar-refractivity contribution in [3.63, 3.8) is 0 Å². The lowest BCUT2D eigenvalue weighted by molar-refractivity contribution is 0.0764. The Balaban J connectivity index is 1.80. The van der Waals surface area contributed by atoms with Gasteiger partial charge in [0.15, 0.2) is 0 Å². The Bertz CT molecular complexity index is 910. The SMILES string of the molecule is CC(C)CCNC(=O)c1ccc2c(c1)Cc1cccc(c1)CN(CCC(C)C)CCOCCO2. The highest BCUT2D eigenvalue weighted by Crippen LogP contribution is 2.25. The lowest BCUT2D eigenvalue weighted by Crippen LogP contribution is -2.29. The molecule has 0 radical (unpaired) electrons. The molecular weight excluding hydrogens is 424 g/mol. The van der Waals surface area contributed by atoms with Crippen molar-refractivity contribution >= 4 is 5.91 Å². The number of rotatable bonds is 7. The molecular formula is C29H42N2O3. The smallest absolute Gasteiger partial charge is 0.251 e. The van der Waals surface area contributed by atoms with E-state index in [1.165, 1.54) is 17.5 Å². The standard InChI is InChI=1S/C29H42N2O3/c1-22(2)10-12-30-29(32)26-8-9-28-27(20-26)19-24-6-5-7-25(18-24)21-31(13-11-23(3)4)14-15-33-16-17-34-28/h5-9,18,20,22-23H,10-17,19,21H2,1-4H3,(H,30,32). The molecule has 0 saturated carbocycles. The van der Waals surface area contributed by atoms with Gasteiger partial charge in [0.05, 0.1) is 13.2 Å². The number of hydrogen-bond acceptors (Lipinski definition) is 4. The maximum absolute atomic E-state index is 12.7. The highest BCUT2D eigenvalue weighted by atomic mass is 16.5. The normalized spacial score (nSPS) is 15.5. The van der Waals surface area contributed by atoms with Crippen LogP contribution >= 0.6 is 0 Å². The third-order valence-corrected chi connectivity index (χ3v) is 6.18. The largest absolute Gasteiger partial charge is 0.491 e. The van der Waals surface area contributed by atoms with Gasteiger partial charge < -0.3 is 14.8 Å². The van der Waals surface area contributed by atoms with Gasteiger partial charge in [-0.1, -0.05) is 52.0 Å². The van der Waals surface area contributed by atoms with Crippen LogP contribution in [0.2, 0.25) is 0 Å². The zero-order valence-electron chi connectivity index (χ0n) is 21.4. The van der Waals surface area contributed by atoms with Crippen molar-refractivity contribution in [1.82, 2.24) is 10.2 Å². The van der Waals surface area contributed by atoms with E-state index in [0.717, 1.165) is 43.8 Å². The van der Waals surface area contributed by atoms with Crippen LogP contribution in [0, 0.1) is 11.8 Å². The van der Waals surface area contributed by atoms with Gasteiger partial charge in [0.25, 0.3) is 5.91 Å². The molecule has 5 heteroatoms. The first-order valence-corrected chi connectivity index (χ1v) is 12.8. The Hall–Kier alpha value is -2.37. The topological polar surface area (TPSA) is 50.8 Å². The average molecular weight is 467 g/mol. The molecule has 1 aliphatic rings. The number of fused-ring (bicyclic) bond motifs is 3. The van der Waals surface area contributed by atoms with Crippen LogP contribution in [0.15, 0.2) is 42.5 Å². The molecule has 1 aliphatic heterocycles. The van der Waals surface area contributed by atoms with Gasteiger partial charge in [-0.3, -0.25) is 9.69 Å². The van der Waals surface area contributed by atoms with Crippen molar-refractivity contribution in [3.8, 4) is 5.75 Å². The number of hydrogen-bond donors (Lipinski definition) is 1. The third-order valence-electron chi connectivity index (χ3n) is 6.18. The number of carbonyl (C=O) groups is 1. The maximum atomic E-state index is 12.7. The van der Waals surface area contributed by atoms with Crippen molar-refractivity contribution < 1.29 is 14.3 Å². The van der Waals surface area contributed by atoms with Crippen molar-refractivity contribution in [3.05, 3.63) is 64.7 Å². The molecule has 0 fully saturated rings. The number of amides is 1. The zero-order chi connectivity index (χ0) is 24.3. The van der Waals surface area contributed by atoms with Gasteiger partial charge in [0.1, 0.15) is 12.4 Å². The third kappa shape index (κ3) is 8.77. The number of ether oxygens (including phenoxy) is 2. The molecule has 1 N–H and O–H groups in total. The summed E-state index contributed by atoms with van der Waals surface area (Å²) in [7, 11) is 0. The molecule has 0 spiro atoms. The van der Waals surface area contributed by atoms with Gasteiger partial charge in [-0.05, 0) is 66.1 Å². The summed E-state index contributed by atoms with van der Waals surface area (Å²) in [5.74, 6) is 2.04. The second kappa shape index (κ2) is 13.5. The van der Waals surface area contributed by atoms with E-state index in [1.54, 1.807) is 0 Å². The number of benzene rings is 2. The van der Waals surface area contributed by atoms with Crippen LogP contribution in [-0.4, -0.2) is 50.3 Å². The van der Waals surface area contributed by atoms with E-state index in [1.807, 2.05) is 18.2 Å². The summed E-state index contributed by atoms with van der Waals surface area (Å²) in [6.45, 7) is 14.2. The lowest BCUT2D eigenvalue weighted by Gasteiger charge is -2.24. The highest BCUT2D eigenvalue weighted by Gasteiger charge is 2.14. The van der Waals surface area contributed by atoms with Gasteiger partial charge >= 0.3 is 0 Å². The van der Waals surface area contributed by atoms with Crippen LogP contribution in [-0.2, 0) is 17.7 Å². The van der Waals surface area contributed by atoms with Gasteiger partial charge in [-0.15, -0.1) is 0 Å². The second-order valence-corrected chi connectivity index (χ2v) is 10.2. The summed E-state index contributed by atoms with van der Waals surface area (Å²) in [6, 6.07) is 14.6. The average Bonchev–Trinajstić information content (AvgIpc) is 2.79. The lowest BCUT2D eigenvalue weighted by atomic mass is 9.99. The Morgan fingerprint density at radius 1 is 0.971 bits per heavy atom. The Labute approximate surface area is 205 Å². The van der Waals surface area contributed by atoms with E-state index in [-0.39, 0.29) is 5.91 Å². The molecule has 0 saturated heterocycles. The fraction of sp³-hybridized carbons (Fsp3) is 0.552. The van der Waals surface area contributed by atoms with Crippen LogP contribution in [0.4, 0.5) is 0 Å². The molecule has 2 aromatic carbocycles. The minimum atomic E-state index is -0.0271. The van der Waals surface area contributed by atoms with Crippen molar-refractivity contribution in [2.24, 2.45) is 11.8 Å². The molecule has 34 heavy (non-hydrogen) atoms. The van der Waals surface area contributed by atoms with Gasteiger partial charge in [0.2, 0.25) is 0 Å². The molecule has 1 heterocycles. The Morgan fingerprint density at radius 2 is 1.76 bits per heavy atom. The van der Waals surface area contributed by atoms with Crippen LogP contribution in [0.5, 0.6) is 5.75 Å². The summed E-state index contributed by atoms with van der Waals surface area (Å²) in [5.41, 5.74) is 4.25. The van der Waals surface area contributed by atoms with Crippen molar-refractivity contribution in [2.45, 2.75) is 53.5 Å². The van der Waals surface area contributed by atoms with Gasteiger partial charge in [-0.2, -0.15) is 0 Å². The molecule has 186 valence electrons. The number of nitrogens with zero attached hydrogens (tertiary/aromatic N) is 1. The predicted molar refractivity (Wildman–Crippen MR) is 139 cm³/mol. The summed E-state index contributed by atoms with van der Waals surface area (Å²) in [5, 5.41) is 3.05. The quantitative estimate of drug-likeness (QED) is 0.601. The number of carbonyl (C=O) groups excluding carboxylic acids is 1. The summed E-state index contributed by atoms with van der Waals surface area (Å²) in [6.07, 6.45) is 2.88. The van der Waals surface area contributed by atoms with Crippen LogP contribution < -0.4 is 10.1 Å². The second-order valence-electron chi connectivity index (χ2n) is 10.2. The van der Waals surface area contributed by atoms with Crippen molar-refractivity contribution in [2.75, 3.05) is 39.5 Å². The minimum absolute atomic E-state index is 0.0271. The molecule has 3 rings (SSSR count). The molecule has 2 aromatic rings. The van der Waals surface area contributed by atoms with Crippen LogP contribution in [0.25, 0.3) is 0 Å². The minimum Gasteiger partial charge on any atom is -0.491 e. The highest BCUT2D eigenvalue weighted by molar-refractivity contribution is 5.94. The molecule has 0 aliphatic carbocycles.